The Hall–Kier alpha value is -2.72. The van der Waals surface area contributed by atoms with Crippen LogP contribution in [0.1, 0.15) is 46.0 Å². The predicted octanol–water partition coefficient (Wildman–Crippen LogP) is 3.29. The molecule has 4 rings (SSSR count). The van der Waals surface area contributed by atoms with Crippen molar-refractivity contribution in [2.24, 2.45) is 5.92 Å². The molecule has 0 radical (unpaired) electrons. The number of amides is 1. The molecule has 1 N–H and O–H groups in total. The number of rotatable bonds is 7. The number of hydrogen-bond acceptors (Lipinski definition) is 7. The summed E-state index contributed by atoms with van der Waals surface area (Å²) in [4.78, 5) is 24.0. The number of nitrogens with one attached hydrogen (secondary N) is 1. The van der Waals surface area contributed by atoms with Gasteiger partial charge < -0.3 is 15.0 Å². The van der Waals surface area contributed by atoms with Crippen LogP contribution in [0.4, 0.5) is 11.5 Å². The highest BCUT2D eigenvalue weighted by molar-refractivity contribution is 7.89. The number of anilines is 2. The van der Waals surface area contributed by atoms with E-state index in [1.807, 2.05) is 13.8 Å². The molecule has 1 unspecified atom stereocenters. The summed E-state index contributed by atoms with van der Waals surface area (Å²) in [7, 11) is -3.63. The van der Waals surface area contributed by atoms with E-state index in [1.165, 1.54) is 10.4 Å². The van der Waals surface area contributed by atoms with Gasteiger partial charge in [0.2, 0.25) is 15.9 Å². The van der Waals surface area contributed by atoms with Crippen molar-refractivity contribution >= 4 is 27.4 Å². The van der Waals surface area contributed by atoms with Crippen LogP contribution in [0.3, 0.4) is 0 Å². The van der Waals surface area contributed by atoms with Gasteiger partial charge in [0.25, 0.3) is 0 Å². The number of nitrogens with zero attached hydrogens (tertiary/aromatic N) is 4. The summed E-state index contributed by atoms with van der Waals surface area (Å²) in [6.45, 7) is 6.17. The Balaban J connectivity index is 1.55. The summed E-state index contributed by atoms with van der Waals surface area (Å²) in [6.07, 6.45) is 9.21. The lowest BCUT2D eigenvalue weighted by molar-refractivity contribution is -0.120. The Bertz CT molecular complexity index is 1090. The highest BCUT2D eigenvalue weighted by Crippen LogP contribution is 2.32. The van der Waals surface area contributed by atoms with Crippen molar-refractivity contribution in [2.45, 2.75) is 57.0 Å². The second-order valence-corrected chi connectivity index (χ2v) is 11.1. The molecule has 2 fully saturated rings. The van der Waals surface area contributed by atoms with Crippen LogP contribution in [-0.4, -0.2) is 60.9 Å². The maximum Gasteiger partial charge on any atom is 0.243 e. The first-order valence-corrected chi connectivity index (χ1v) is 13.4. The van der Waals surface area contributed by atoms with E-state index in [1.54, 1.807) is 30.7 Å². The molecule has 0 aliphatic carbocycles. The van der Waals surface area contributed by atoms with Crippen molar-refractivity contribution in [1.29, 1.82) is 0 Å². The van der Waals surface area contributed by atoms with E-state index < -0.39 is 10.0 Å². The molecule has 0 saturated carbocycles. The van der Waals surface area contributed by atoms with Crippen LogP contribution in [0.5, 0.6) is 5.75 Å². The minimum atomic E-state index is -3.63. The number of sulfonamides is 1. The summed E-state index contributed by atoms with van der Waals surface area (Å²) in [5.41, 5.74) is 0.383. The maximum absolute atomic E-state index is 13.3. The van der Waals surface area contributed by atoms with Gasteiger partial charge in [-0.2, -0.15) is 4.31 Å². The first-order chi connectivity index (χ1) is 16.3. The molecule has 2 saturated heterocycles. The minimum Gasteiger partial charge on any atom is -0.489 e. The largest absolute Gasteiger partial charge is 0.489 e. The number of hydrogen-bond donors (Lipinski definition) is 1. The van der Waals surface area contributed by atoms with Crippen molar-refractivity contribution < 1.29 is 17.9 Å². The van der Waals surface area contributed by atoms with Gasteiger partial charge in [-0.05, 0) is 57.7 Å². The number of carbonyl (C=O) groups excluding carboxylic acids is 1. The third-order valence-electron chi connectivity index (χ3n) is 6.19. The summed E-state index contributed by atoms with van der Waals surface area (Å²) in [5.74, 6) is 0.792. The monoisotopic (exact) mass is 487 g/mol. The number of benzene rings is 1. The molecular formula is C24H33N5O4S. The lowest BCUT2D eigenvalue weighted by Crippen LogP contribution is -2.41. The maximum atomic E-state index is 13.3. The van der Waals surface area contributed by atoms with Crippen LogP contribution in [0.2, 0.25) is 0 Å². The summed E-state index contributed by atoms with van der Waals surface area (Å²) < 4.78 is 33.8. The standard InChI is InChI=1S/C24H33N5O4S/c1-18(2)33-22-9-8-20(34(31,32)29-13-4-3-5-14-29)15-21(22)27-24(30)19-7-6-12-28(17-19)23-16-25-10-11-26-23/h8-11,15-16,18-19H,3-7,12-14,17H2,1-2H3,(H,27,30). The molecule has 1 aromatic carbocycles. The smallest absolute Gasteiger partial charge is 0.243 e. The lowest BCUT2D eigenvalue weighted by Gasteiger charge is -2.32. The van der Waals surface area contributed by atoms with Crippen LogP contribution in [0, 0.1) is 5.92 Å². The normalized spacial score (nSPS) is 19.7. The molecule has 1 aromatic heterocycles. The topological polar surface area (TPSA) is 105 Å². The van der Waals surface area contributed by atoms with Gasteiger partial charge in [0, 0.05) is 38.6 Å². The van der Waals surface area contributed by atoms with Crippen molar-refractivity contribution in [3.8, 4) is 5.75 Å². The molecule has 9 nitrogen and oxygen atoms in total. The van der Waals surface area contributed by atoms with Crippen molar-refractivity contribution in [3.05, 3.63) is 36.8 Å². The van der Waals surface area contributed by atoms with Gasteiger partial charge in [-0.1, -0.05) is 6.42 Å². The molecule has 3 heterocycles. The van der Waals surface area contributed by atoms with Crippen LogP contribution in [-0.2, 0) is 14.8 Å². The third-order valence-corrected chi connectivity index (χ3v) is 8.08. The molecule has 0 bridgehead atoms. The van der Waals surface area contributed by atoms with Gasteiger partial charge in [0.05, 0.1) is 28.8 Å². The average molecular weight is 488 g/mol. The van der Waals surface area contributed by atoms with Crippen LogP contribution < -0.4 is 15.0 Å². The first kappa shape index (κ1) is 24.4. The van der Waals surface area contributed by atoms with E-state index in [2.05, 4.69) is 20.2 Å². The predicted molar refractivity (Wildman–Crippen MR) is 130 cm³/mol. The fraction of sp³-hybridized carbons (Fsp3) is 0.542. The highest BCUT2D eigenvalue weighted by atomic mass is 32.2. The van der Waals surface area contributed by atoms with E-state index in [0.717, 1.165) is 44.5 Å². The first-order valence-electron chi connectivity index (χ1n) is 12.0. The Morgan fingerprint density at radius 1 is 1.12 bits per heavy atom. The molecule has 0 spiro atoms. The SMILES string of the molecule is CC(C)Oc1ccc(S(=O)(=O)N2CCCCC2)cc1NC(=O)C1CCCN(c2cnccn2)C1. The van der Waals surface area contributed by atoms with E-state index in [4.69, 9.17) is 4.74 Å². The van der Waals surface area contributed by atoms with E-state index in [-0.39, 0.29) is 22.8 Å². The molecule has 184 valence electrons. The van der Waals surface area contributed by atoms with Gasteiger partial charge in [-0.25, -0.2) is 13.4 Å². The fourth-order valence-corrected chi connectivity index (χ4v) is 6.01. The second kappa shape index (κ2) is 10.7. The van der Waals surface area contributed by atoms with Gasteiger partial charge in [0.15, 0.2) is 0 Å². The van der Waals surface area contributed by atoms with Crippen molar-refractivity contribution in [3.63, 3.8) is 0 Å². The molecule has 1 amide bonds. The molecule has 10 heteroatoms. The molecule has 2 aliphatic heterocycles. The van der Waals surface area contributed by atoms with Crippen LogP contribution in [0.25, 0.3) is 0 Å². The number of ether oxygens (including phenoxy) is 1. The second-order valence-electron chi connectivity index (χ2n) is 9.13. The lowest BCUT2D eigenvalue weighted by atomic mass is 9.97. The van der Waals surface area contributed by atoms with Crippen molar-refractivity contribution in [1.82, 2.24) is 14.3 Å². The molecule has 2 aliphatic rings. The fourth-order valence-electron chi connectivity index (χ4n) is 4.47. The summed E-state index contributed by atoms with van der Waals surface area (Å²) >= 11 is 0. The average Bonchev–Trinajstić information content (AvgIpc) is 2.86. The van der Waals surface area contributed by atoms with Gasteiger partial charge in [-0.15, -0.1) is 0 Å². The summed E-state index contributed by atoms with van der Waals surface area (Å²) in [5, 5.41) is 2.96. The quantitative estimate of drug-likeness (QED) is 0.639. The minimum absolute atomic E-state index is 0.123. The van der Waals surface area contributed by atoms with Crippen LogP contribution in [0.15, 0.2) is 41.7 Å². The number of piperidine rings is 2. The third kappa shape index (κ3) is 5.67. The Morgan fingerprint density at radius 2 is 1.91 bits per heavy atom. The van der Waals surface area contributed by atoms with Gasteiger partial charge in [0.1, 0.15) is 11.6 Å². The highest BCUT2D eigenvalue weighted by Gasteiger charge is 2.30. The summed E-state index contributed by atoms with van der Waals surface area (Å²) in [6, 6.07) is 4.73. The zero-order valence-electron chi connectivity index (χ0n) is 19.8. The zero-order chi connectivity index (χ0) is 24.1. The van der Waals surface area contributed by atoms with Crippen LogP contribution >= 0.6 is 0 Å². The van der Waals surface area contributed by atoms with E-state index in [0.29, 0.717) is 31.1 Å². The van der Waals surface area contributed by atoms with Gasteiger partial charge >= 0.3 is 0 Å². The van der Waals surface area contributed by atoms with Crippen molar-refractivity contribution in [2.75, 3.05) is 36.4 Å². The molecule has 1 atom stereocenters. The number of carbonyl (C=O) groups is 1. The molecular weight excluding hydrogens is 454 g/mol. The Kier molecular flexibility index (Phi) is 7.67. The van der Waals surface area contributed by atoms with E-state index >= 15 is 0 Å². The van der Waals surface area contributed by atoms with E-state index in [9.17, 15) is 13.2 Å². The molecule has 2 aromatic rings. The number of aromatic nitrogens is 2. The van der Waals surface area contributed by atoms with Gasteiger partial charge in [-0.3, -0.25) is 9.78 Å². The Morgan fingerprint density at radius 3 is 2.62 bits per heavy atom. The zero-order valence-corrected chi connectivity index (χ0v) is 20.6. The molecule has 34 heavy (non-hydrogen) atoms. The Labute approximate surface area is 201 Å².